The number of ketones is 1. The van der Waals surface area contributed by atoms with Gasteiger partial charge in [-0.25, -0.2) is 13.4 Å². The van der Waals surface area contributed by atoms with Crippen molar-refractivity contribution in [3.05, 3.63) is 88.2 Å². The lowest BCUT2D eigenvalue weighted by molar-refractivity contribution is -0.133. The second-order valence-corrected chi connectivity index (χ2v) is 12.0. The Morgan fingerprint density at radius 3 is 2.23 bits per heavy atom. The lowest BCUT2D eigenvalue weighted by Gasteiger charge is -2.14. The van der Waals surface area contributed by atoms with Gasteiger partial charge in [0.2, 0.25) is 0 Å². The molecule has 0 aliphatic rings. The number of imidazole rings is 1. The number of aryl methyl sites for hydroxylation is 1. The summed E-state index contributed by atoms with van der Waals surface area (Å²) in [7, 11) is -3.39. The minimum absolute atomic E-state index is 0.0214. The maximum Gasteiger partial charge on any atom is 0.389 e. The standard InChI is InChI=1S/C28H23Cl2F3N2O3S/c1-3-39(37,38)20-7-4-6-18(15-20)19-10-11-24(17(2)14-19)35-16-23(25(36)12-13-28(31,32)33)34-27(35)26-21(29)8-5-9-22(26)30/h4-11,14-16H,3,12-13H2,1-2H3. The Bertz CT molecular complexity index is 1640. The highest BCUT2D eigenvalue weighted by Crippen LogP contribution is 2.37. The summed E-state index contributed by atoms with van der Waals surface area (Å²) in [5, 5.41) is 0.513. The predicted octanol–water partition coefficient (Wildman–Crippen LogP) is 8.14. The normalized spacial score (nSPS) is 12.1. The van der Waals surface area contributed by atoms with E-state index in [4.69, 9.17) is 23.2 Å². The van der Waals surface area contributed by atoms with Crippen LogP contribution in [0.3, 0.4) is 0 Å². The summed E-state index contributed by atoms with van der Waals surface area (Å²) in [6, 6.07) is 16.8. The fourth-order valence-electron chi connectivity index (χ4n) is 4.11. The van der Waals surface area contributed by atoms with Gasteiger partial charge in [-0.3, -0.25) is 9.36 Å². The number of hydrogen-bond donors (Lipinski definition) is 0. The molecule has 4 rings (SSSR count). The highest BCUT2D eigenvalue weighted by molar-refractivity contribution is 7.91. The number of hydrogen-bond acceptors (Lipinski definition) is 4. The van der Waals surface area contributed by atoms with E-state index in [1.165, 1.54) is 6.20 Å². The van der Waals surface area contributed by atoms with E-state index in [-0.39, 0.29) is 32.2 Å². The number of carbonyl (C=O) groups is 1. The summed E-state index contributed by atoms with van der Waals surface area (Å²) in [4.78, 5) is 17.2. The van der Waals surface area contributed by atoms with Crippen LogP contribution in [0.15, 0.2) is 71.8 Å². The molecule has 1 heterocycles. The van der Waals surface area contributed by atoms with Crippen molar-refractivity contribution in [3.8, 4) is 28.2 Å². The van der Waals surface area contributed by atoms with E-state index < -0.39 is 34.6 Å². The summed E-state index contributed by atoms with van der Waals surface area (Å²) in [5.74, 6) is -0.585. The van der Waals surface area contributed by atoms with Gasteiger partial charge in [0.25, 0.3) is 0 Å². The van der Waals surface area contributed by atoms with Crippen LogP contribution < -0.4 is 0 Å². The van der Waals surface area contributed by atoms with E-state index in [1.54, 1.807) is 66.1 Å². The molecule has 0 aliphatic carbocycles. The third-order valence-corrected chi connectivity index (χ3v) is 8.54. The maximum absolute atomic E-state index is 12.7. The third-order valence-electron chi connectivity index (χ3n) is 6.18. The van der Waals surface area contributed by atoms with Gasteiger partial charge in [0.1, 0.15) is 11.5 Å². The Morgan fingerprint density at radius 2 is 1.62 bits per heavy atom. The molecule has 4 aromatic rings. The smallest absolute Gasteiger partial charge is 0.299 e. The second-order valence-electron chi connectivity index (χ2n) is 8.89. The molecule has 0 atom stereocenters. The fraction of sp³-hybridized carbons (Fsp3) is 0.214. The fourth-order valence-corrected chi connectivity index (χ4v) is 5.60. The first kappa shape index (κ1) is 28.9. The molecule has 204 valence electrons. The number of Topliss-reactive ketones (excluding diaryl/α,β-unsaturated/α-hetero) is 1. The average molecular weight is 595 g/mol. The van der Waals surface area contributed by atoms with Crippen LogP contribution in [-0.2, 0) is 9.84 Å². The van der Waals surface area contributed by atoms with Crippen LogP contribution >= 0.6 is 23.2 Å². The molecule has 3 aromatic carbocycles. The lowest BCUT2D eigenvalue weighted by atomic mass is 10.0. The SMILES string of the molecule is CCS(=O)(=O)c1cccc(-c2ccc(-n3cc(C(=O)CCC(F)(F)F)nc3-c3c(Cl)cccc3Cl)c(C)c2)c1. The van der Waals surface area contributed by atoms with Gasteiger partial charge in [0, 0.05) is 12.6 Å². The number of rotatable bonds is 8. The number of sulfone groups is 1. The molecule has 0 radical (unpaired) electrons. The van der Waals surface area contributed by atoms with Gasteiger partial charge in [-0.15, -0.1) is 0 Å². The number of benzene rings is 3. The molecule has 39 heavy (non-hydrogen) atoms. The van der Waals surface area contributed by atoms with Crippen molar-refractivity contribution in [2.75, 3.05) is 5.75 Å². The second kappa shape index (κ2) is 11.2. The highest BCUT2D eigenvalue weighted by Gasteiger charge is 2.29. The molecule has 0 unspecified atom stereocenters. The summed E-state index contributed by atoms with van der Waals surface area (Å²) in [5.41, 5.74) is 2.95. The summed E-state index contributed by atoms with van der Waals surface area (Å²) < 4.78 is 64.5. The lowest BCUT2D eigenvalue weighted by Crippen LogP contribution is -2.11. The Morgan fingerprint density at radius 1 is 0.974 bits per heavy atom. The van der Waals surface area contributed by atoms with Crippen molar-refractivity contribution in [3.63, 3.8) is 0 Å². The zero-order valence-electron chi connectivity index (χ0n) is 20.9. The molecule has 0 aliphatic heterocycles. The summed E-state index contributed by atoms with van der Waals surface area (Å²) in [6.07, 6.45) is -5.11. The van der Waals surface area contributed by atoms with E-state index in [9.17, 15) is 26.4 Å². The number of alkyl halides is 3. The molecule has 0 saturated heterocycles. The van der Waals surface area contributed by atoms with Crippen molar-refractivity contribution in [1.82, 2.24) is 9.55 Å². The van der Waals surface area contributed by atoms with Gasteiger partial charge in [-0.1, -0.05) is 54.4 Å². The Hall–Kier alpha value is -3.14. The molecule has 0 bridgehead atoms. The molecular formula is C28H23Cl2F3N2O3S. The van der Waals surface area contributed by atoms with Crippen LogP contribution in [0.5, 0.6) is 0 Å². The number of halogens is 5. The first-order valence-electron chi connectivity index (χ1n) is 11.9. The molecule has 0 N–H and O–H groups in total. The minimum atomic E-state index is -4.48. The Labute approximate surface area is 234 Å². The van der Waals surface area contributed by atoms with Crippen LogP contribution in [0.4, 0.5) is 13.2 Å². The van der Waals surface area contributed by atoms with E-state index in [0.717, 1.165) is 11.1 Å². The molecule has 5 nitrogen and oxygen atoms in total. The van der Waals surface area contributed by atoms with Gasteiger partial charge in [-0.05, 0) is 60.0 Å². The van der Waals surface area contributed by atoms with E-state index >= 15 is 0 Å². The predicted molar refractivity (Wildman–Crippen MR) is 147 cm³/mol. The first-order valence-corrected chi connectivity index (χ1v) is 14.3. The van der Waals surface area contributed by atoms with Gasteiger partial charge in [0.15, 0.2) is 15.6 Å². The molecule has 11 heteroatoms. The number of carbonyl (C=O) groups excluding carboxylic acids is 1. The summed E-state index contributed by atoms with van der Waals surface area (Å²) >= 11 is 12.8. The van der Waals surface area contributed by atoms with Crippen molar-refractivity contribution in [2.24, 2.45) is 0 Å². The Kier molecular flexibility index (Phi) is 8.25. The molecule has 0 amide bonds. The largest absolute Gasteiger partial charge is 0.389 e. The van der Waals surface area contributed by atoms with Crippen molar-refractivity contribution >= 4 is 38.8 Å². The number of aromatic nitrogens is 2. The summed E-state index contributed by atoms with van der Waals surface area (Å²) in [6.45, 7) is 3.39. The van der Waals surface area contributed by atoms with Crippen LogP contribution in [0, 0.1) is 6.92 Å². The quantitative estimate of drug-likeness (QED) is 0.193. The molecule has 1 aromatic heterocycles. The highest BCUT2D eigenvalue weighted by atomic mass is 35.5. The molecule has 0 fully saturated rings. The molecule has 0 saturated carbocycles. The average Bonchev–Trinajstić information content (AvgIpc) is 3.31. The van der Waals surface area contributed by atoms with E-state index in [1.807, 2.05) is 13.0 Å². The van der Waals surface area contributed by atoms with Crippen LogP contribution in [0.2, 0.25) is 10.0 Å². The monoisotopic (exact) mass is 594 g/mol. The van der Waals surface area contributed by atoms with E-state index in [0.29, 0.717) is 16.8 Å². The van der Waals surface area contributed by atoms with Crippen molar-refractivity contribution in [2.45, 2.75) is 37.8 Å². The van der Waals surface area contributed by atoms with Crippen LogP contribution in [0.1, 0.15) is 35.8 Å². The zero-order chi connectivity index (χ0) is 28.5. The van der Waals surface area contributed by atoms with Gasteiger partial charge in [0.05, 0.1) is 38.4 Å². The maximum atomic E-state index is 12.7. The zero-order valence-corrected chi connectivity index (χ0v) is 23.2. The minimum Gasteiger partial charge on any atom is -0.299 e. The molecule has 0 spiro atoms. The van der Waals surface area contributed by atoms with Crippen molar-refractivity contribution in [1.29, 1.82) is 0 Å². The van der Waals surface area contributed by atoms with Gasteiger partial charge < -0.3 is 0 Å². The van der Waals surface area contributed by atoms with E-state index in [2.05, 4.69) is 4.98 Å². The first-order chi connectivity index (χ1) is 18.3. The third kappa shape index (κ3) is 6.37. The Balaban J connectivity index is 1.82. The molecular weight excluding hydrogens is 572 g/mol. The van der Waals surface area contributed by atoms with Gasteiger partial charge >= 0.3 is 6.18 Å². The van der Waals surface area contributed by atoms with Crippen LogP contribution in [-0.4, -0.2) is 35.7 Å². The van der Waals surface area contributed by atoms with Gasteiger partial charge in [-0.2, -0.15) is 13.2 Å². The van der Waals surface area contributed by atoms with Crippen LogP contribution in [0.25, 0.3) is 28.2 Å². The van der Waals surface area contributed by atoms with Crippen molar-refractivity contribution < 1.29 is 26.4 Å². The number of nitrogens with zero attached hydrogens (tertiary/aromatic N) is 2. The topological polar surface area (TPSA) is 69.0 Å².